The molecule has 0 spiro atoms. The molecule has 0 aliphatic carbocycles. The molecule has 0 fully saturated rings. The van der Waals surface area contributed by atoms with Crippen molar-refractivity contribution < 1.29 is 4.74 Å². The third-order valence-electron chi connectivity index (χ3n) is 2.05. The SMILES string of the molecule is CC(C)CNCCOCCNCC(C)(C)C. The largest absolute Gasteiger partial charge is 0.379 e. The van der Waals surface area contributed by atoms with E-state index in [1.807, 2.05) is 0 Å². The van der Waals surface area contributed by atoms with Crippen LogP contribution in [0.3, 0.4) is 0 Å². The van der Waals surface area contributed by atoms with Gasteiger partial charge in [-0.25, -0.2) is 0 Å². The average molecular weight is 230 g/mol. The fourth-order valence-corrected chi connectivity index (χ4v) is 1.24. The van der Waals surface area contributed by atoms with Gasteiger partial charge in [-0.2, -0.15) is 0 Å². The van der Waals surface area contributed by atoms with Gasteiger partial charge in [0.1, 0.15) is 0 Å². The second kappa shape index (κ2) is 8.97. The van der Waals surface area contributed by atoms with Crippen LogP contribution in [0.4, 0.5) is 0 Å². The van der Waals surface area contributed by atoms with Crippen molar-refractivity contribution in [2.75, 3.05) is 39.4 Å². The quantitative estimate of drug-likeness (QED) is 0.593. The van der Waals surface area contributed by atoms with E-state index < -0.39 is 0 Å². The van der Waals surface area contributed by atoms with E-state index in [9.17, 15) is 0 Å². The molecule has 16 heavy (non-hydrogen) atoms. The number of rotatable bonds is 9. The Kier molecular flexibility index (Phi) is 8.90. The van der Waals surface area contributed by atoms with Crippen LogP contribution in [0.1, 0.15) is 34.6 Å². The minimum absolute atomic E-state index is 0.360. The van der Waals surface area contributed by atoms with Crippen LogP contribution in [0, 0.1) is 11.3 Å². The Labute approximate surface area is 101 Å². The molecule has 0 saturated heterocycles. The number of nitrogens with one attached hydrogen (secondary N) is 2. The zero-order chi connectivity index (χ0) is 12.4. The van der Waals surface area contributed by atoms with Gasteiger partial charge < -0.3 is 15.4 Å². The molecule has 3 nitrogen and oxygen atoms in total. The van der Waals surface area contributed by atoms with E-state index in [1.54, 1.807) is 0 Å². The zero-order valence-corrected chi connectivity index (χ0v) is 11.7. The highest BCUT2D eigenvalue weighted by molar-refractivity contribution is 4.64. The molecule has 0 heterocycles. The first-order valence-corrected chi connectivity index (χ1v) is 6.41. The first-order valence-electron chi connectivity index (χ1n) is 6.41. The highest BCUT2D eigenvalue weighted by Crippen LogP contribution is 2.09. The number of hydrogen-bond acceptors (Lipinski definition) is 3. The molecule has 0 aliphatic rings. The van der Waals surface area contributed by atoms with Gasteiger partial charge in [0.25, 0.3) is 0 Å². The smallest absolute Gasteiger partial charge is 0.0591 e. The zero-order valence-electron chi connectivity index (χ0n) is 11.7. The third kappa shape index (κ3) is 13.9. The van der Waals surface area contributed by atoms with Crippen LogP contribution in [0.2, 0.25) is 0 Å². The van der Waals surface area contributed by atoms with Crippen LogP contribution in [-0.4, -0.2) is 39.4 Å². The van der Waals surface area contributed by atoms with Gasteiger partial charge in [0, 0.05) is 19.6 Å². The molecular formula is C13H30N2O. The lowest BCUT2D eigenvalue weighted by Gasteiger charge is -2.18. The lowest BCUT2D eigenvalue weighted by molar-refractivity contribution is 0.135. The summed E-state index contributed by atoms with van der Waals surface area (Å²) in [7, 11) is 0. The van der Waals surface area contributed by atoms with E-state index in [1.165, 1.54) is 0 Å². The molecule has 0 bridgehead atoms. The summed E-state index contributed by atoms with van der Waals surface area (Å²) in [5.41, 5.74) is 0.360. The molecule has 0 aromatic carbocycles. The van der Waals surface area contributed by atoms with Gasteiger partial charge >= 0.3 is 0 Å². The van der Waals surface area contributed by atoms with Crippen molar-refractivity contribution in [1.82, 2.24) is 10.6 Å². The lowest BCUT2D eigenvalue weighted by Crippen LogP contribution is -2.30. The Morgan fingerprint density at radius 3 is 2.06 bits per heavy atom. The molecule has 0 amide bonds. The molecule has 0 aromatic rings. The predicted molar refractivity (Wildman–Crippen MR) is 70.9 cm³/mol. The molecule has 0 aromatic heterocycles. The summed E-state index contributed by atoms with van der Waals surface area (Å²) < 4.78 is 5.51. The molecular weight excluding hydrogens is 200 g/mol. The van der Waals surface area contributed by atoms with Crippen LogP contribution in [-0.2, 0) is 4.74 Å². The van der Waals surface area contributed by atoms with Crippen LogP contribution in [0.15, 0.2) is 0 Å². The standard InChI is InChI=1S/C13H30N2O/c1-12(2)10-14-6-8-16-9-7-15-11-13(3,4)5/h12,14-15H,6-11H2,1-5H3. The van der Waals surface area contributed by atoms with Crippen molar-refractivity contribution >= 4 is 0 Å². The summed E-state index contributed by atoms with van der Waals surface area (Å²) in [6.07, 6.45) is 0. The number of ether oxygens (including phenoxy) is 1. The van der Waals surface area contributed by atoms with Crippen molar-refractivity contribution in [2.24, 2.45) is 11.3 Å². The second-order valence-electron chi connectivity index (χ2n) is 5.95. The topological polar surface area (TPSA) is 33.3 Å². The van der Waals surface area contributed by atoms with Gasteiger partial charge in [-0.1, -0.05) is 34.6 Å². The van der Waals surface area contributed by atoms with Gasteiger partial charge in [0.2, 0.25) is 0 Å². The van der Waals surface area contributed by atoms with Crippen molar-refractivity contribution in [1.29, 1.82) is 0 Å². The van der Waals surface area contributed by atoms with Crippen LogP contribution in [0.5, 0.6) is 0 Å². The van der Waals surface area contributed by atoms with E-state index in [0.717, 1.165) is 39.4 Å². The van der Waals surface area contributed by atoms with Crippen molar-refractivity contribution in [3.8, 4) is 0 Å². The molecule has 0 atom stereocenters. The van der Waals surface area contributed by atoms with Crippen LogP contribution >= 0.6 is 0 Å². The van der Waals surface area contributed by atoms with Crippen LogP contribution < -0.4 is 10.6 Å². The van der Waals surface area contributed by atoms with Crippen molar-refractivity contribution in [3.05, 3.63) is 0 Å². The molecule has 2 N–H and O–H groups in total. The summed E-state index contributed by atoms with van der Waals surface area (Å²) in [4.78, 5) is 0. The maximum Gasteiger partial charge on any atom is 0.0591 e. The van der Waals surface area contributed by atoms with Gasteiger partial charge in [-0.3, -0.25) is 0 Å². The Morgan fingerprint density at radius 2 is 1.56 bits per heavy atom. The molecule has 0 aliphatic heterocycles. The van der Waals surface area contributed by atoms with E-state index >= 15 is 0 Å². The first kappa shape index (κ1) is 15.9. The highest BCUT2D eigenvalue weighted by Gasteiger charge is 2.07. The molecule has 0 unspecified atom stereocenters. The van der Waals surface area contributed by atoms with E-state index in [2.05, 4.69) is 45.3 Å². The summed E-state index contributed by atoms with van der Waals surface area (Å²) in [5, 5.41) is 6.74. The van der Waals surface area contributed by atoms with Crippen molar-refractivity contribution in [3.63, 3.8) is 0 Å². The maximum absolute atomic E-state index is 5.51. The fourth-order valence-electron chi connectivity index (χ4n) is 1.24. The summed E-state index contributed by atoms with van der Waals surface area (Å²) in [6, 6.07) is 0. The molecule has 0 radical (unpaired) electrons. The maximum atomic E-state index is 5.51. The minimum atomic E-state index is 0.360. The fraction of sp³-hybridized carbons (Fsp3) is 1.00. The van der Waals surface area contributed by atoms with Gasteiger partial charge in [0.05, 0.1) is 13.2 Å². The summed E-state index contributed by atoms with van der Waals surface area (Å²) in [6.45, 7) is 16.8. The monoisotopic (exact) mass is 230 g/mol. The predicted octanol–water partition coefficient (Wildman–Crippen LogP) is 1.88. The summed E-state index contributed by atoms with van der Waals surface area (Å²) >= 11 is 0. The molecule has 98 valence electrons. The first-order chi connectivity index (χ1) is 7.42. The van der Waals surface area contributed by atoms with Gasteiger partial charge in [0.15, 0.2) is 0 Å². The van der Waals surface area contributed by atoms with E-state index in [0.29, 0.717) is 11.3 Å². The minimum Gasteiger partial charge on any atom is -0.379 e. The normalized spacial score (nSPS) is 12.4. The van der Waals surface area contributed by atoms with E-state index in [4.69, 9.17) is 4.74 Å². The third-order valence-corrected chi connectivity index (χ3v) is 2.05. The molecule has 0 rings (SSSR count). The average Bonchev–Trinajstić information content (AvgIpc) is 2.13. The van der Waals surface area contributed by atoms with Crippen molar-refractivity contribution in [2.45, 2.75) is 34.6 Å². The Balaban J connectivity index is 3.05. The number of hydrogen-bond donors (Lipinski definition) is 2. The summed E-state index contributed by atoms with van der Waals surface area (Å²) in [5.74, 6) is 0.716. The van der Waals surface area contributed by atoms with Gasteiger partial charge in [-0.05, 0) is 17.9 Å². The lowest BCUT2D eigenvalue weighted by atomic mass is 9.97. The second-order valence-corrected chi connectivity index (χ2v) is 5.95. The van der Waals surface area contributed by atoms with Crippen LogP contribution in [0.25, 0.3) is 0 Å². The van der Waals surface area contributed by atoms with E-state index in [-0.39, 0.29) is 0 Å². The Hall–Kier alpha value is -0.120. The highest BCUT2D eigenvalue weighted by atomic mass is 16.5. The Morgan fingerprint density at radius 1 is 1.00 bits per heavy atom. The molecule has 3 heteroatoms. The Bertz CT molecular complexity index is 153. The molecule has 0 saturated carbocycles. The van der Waals surface area contributed by atoms with Gasteiger partial charge in [-0.15, -0.1) is 0 Å².